The number of amides is 1. The largest absolute Gasteiger partial charge is 0.462 e. The number of hydrogen-bond acceptors (Lipinski definition) is 5. The Labute approximate surface area is 175 Å². The zero-order valence-electron chi connectivity index (χ0n) is 15.1. The molecule has 0 saturated heterocycles. The van der Waals surface area contributed by atoms with Crippen LogP contribution in [-0.4, -0.2) is 18.7 Å². The molecular weight excluding hydrogens is 442 g/mol. The molecule has 2 aromatic carbocycles. The van der Waals surface area contributed by atoms with Crippen molar-refractivity contribution in [3.05, 3.63) is 75.6 Å². The Kier molecular flexibility index (Phi) is 6.84. The lowest BCUT2D eigenvalue weighted by atomic mass is 10.2. The van der Waals surface area contributed by atoms with Crippen molar-refractivity contribution in [1.29, 1.82) is 0 Å². The van der Waals surface area contributed by atoms with Crippen LogP contribution < -0.4 is 5.32 Å². The third-order valence-electron chi connectivity index (χ3n) is 3.75. The highest BCUT2D eigenvalue weighted by Gasteiger charge is 2.20. The number of rotatable bonds is 6. The summed E-state index contributed by atoms with van der Waals surface area (Å²) < 4.78 is 11.3. The van der Waals surface area contributed by atoms with Crippen LogP contribution in [-0.2, 0) is 16.1 Å². The topological polar surface area (TPSA) is 64.6 Å². The van der Waals surface area contributed by atoms with Crippen molar-refractivity contribution >= 4 is 45.0 Å². The van der Waals surface area contributed by atoms with Crippen molar-refractivity contribution in [2.75, 3.05) is 11.9 Å². The van der Waals surface area contributed by atoms with Gasteiger partial charge in [0.1, 0.15) is 11.5 Å². The van der Waals surface area contributed by atoms with Gasteiger partial charge < -0.3 is 9.47 Å². The van der Waals surface area contributed by atoms with Gasteiger partial charge in [-0.1, -0.05) is 58.4 Å². The Morgan fingerprint density at radius 3 is 2.54 bits per heavy atom. The molecule has 1 N–H and O–H groups in total. The normalized spacial score (nSPS) is 10.4. The zero-order valence-corrected chi connectivity index (χ0v) is 17.5. The average molecular weight is 460 g/mol. The summed E-state index contributed by atoms with van der Waals surface area (Å²) in [5.74, 6) is -0.480. The van der Waals surface area contributed by atoms with E-state index >= 15 is 0 Å². The van der Waals surface area contributed by atoms with Crippen molar-refractivity contribution in [2.45, 2.75) is 13.5 Å². The molecule has 1 amide bonds. The molecule has 7 heteroatoms. The van der Waals surface area contributed by atoms with E-state index in [-0.39, 0.29) is 13.2 Å². The summed E-state index contributed by atoms with van der Waals surface area (Å²) in [6, 6.07) is 18.8. The summed E-state index contributed by atoms with van der Waals surface area (Å²) in [6.07, 6.45) is -0.631. The fourth-order valence-corrected chi connectivity index (χ4v) is 3.89. The van der Waals surface area contributed by atoms with Crippen LogP contribution in [0.3, 0.4) is 0 Å². The Morgan fingerprint density at radius 1 is 1.04 bits per heavy atom. The molecule has 1 heterocycles. The molecule has 0 aliphatic heterocycles. The standard InChI is InChI=1S/C21H18BrNO4S/c1-2-26-20(24)19-17(12-18(28-19)15-9-6-10-16(22)11-15)23-21(25)27-13-14-7-4-3-5-8-14/h3-12H,2,13H2,1H3,(H,23,25). The summed E-state index contributed by atoms with van der Waals surface area (Å²) in [5, 5.41) is 2.66. The van der Waals surface area contributed by atoms with E-state index in [1.807, 2.05) is 54.6 Å². The number of ether oxygens (including phenoxy) is 2. The number of esters is 1. The Bertz CT molecular complexity index is 972. The lowest BCUT2D eigenvalue weighted by Gasteiger charge is -2.07. The molecule has 28 heavy (non-hydrogen) atoms. The molecule has 0 atom stereocenters. The predicted octanol–water partition coefficient (Wildman–Crippen LogP) is 6.10. The van der Waals surface area contributed by atoms with Crippen molar-refractivity contribution in [3.8, 4) is 10.4 Å². The third-order valence-corrected chi connectivity index (χ3v) is 5.41. The summed E-state index contributed by atoms with van der Waals surface area (Å²) in [6.45, 7) is 2.13. The molecule has 0 unspecified atom stereocenters. The number of hydrogen-bond donors (Lipinski definition) is 1. The molecule has 0 fully saturated rings. The minimum Gasteiger partial charge on any atom is -0.462 e. The van der Waals surface area contributed by atoms with E-state index in [0.29, 0.717) is 10.6 Å². The van der Waals surface area contributed by atoms with E-state index in [0.717, 1.165) is 20.5 Å². The van der Waals surface area contributed by atoms with Crippen LogP contribution in [0.15, 0.2) is 65.1 Å². The smallest absolute Gasteiger partial charge is 0.412 e. The van der Waals surface area contributed by atoms with E-state index < -0.39 is 12.1 Å². The van der Waals surface area contributed by atoms with Crippen LogP contribution in [0.1, 0.15) is 22.2 Å². The second kappa shape index (κ2) is 9.52. The predicted molar refractivity (Wildman–Crippen MR) is 114 cm³/mol. The first-order chi connectivity index (χ1) is 13.6. The van der Waals surface area contributed by atoms with Crippen LogP contribution in [0.25, 0.3) is 10.4 Å². The minimum atomic E-state index is -0.631. The van der Waals surface area contributed by atoms with E-state index in [4.69, 9.17) is 9.47 Å². The van der Waals surface area contributed by atoms with Crippen molar-refractivity contribution in [1.82, 2.24) is 0 Å². The monoisotopic (exact) mass is 459 g/mol. The summed E-state index contributed by atoms with van der Waals surface area (Å²) in [5.41, 5.74) is 2.18. The molecule has 0 radical (unpaired) electrons. The lowest BCUT2D eigenvalue weighted by molar-refractivity contribution is 0.0533. The van der Waals surface area contributed by atoms with E-state index in [2.05, 4.69) is 21.2 Å². The van der Waals surface area contributed by atoms with Crippen molar-refractivity contribution in [2.24, 2.45) is 0 Å². The second-order valence-corrected chi connectivity index (χ2v) is 7.74. The van der Waals surface area contributed by atoms with Gasteiger partial charge in [-0.05, 0) is 36.2 Å². The van der Waals surface area contributed by atoms with Crippen LogP contribution in [0.2, 0.25) is 0 Å². The van der Waals surface area contributed by atoms with Gasteiger partial charge in [-0.2, -0.15) is 0 Å². The van der Waals surface area contributed by atoms with E-state index in [9.17, 15) is 9.59 Å². The fourth-order valence-electron chi connectivity index (χ4n) is 2.49. The summed E-state index contributed by atoms with van der Waals surface area (Å²) in [7, 11) is 0. The number of anilines is 1. The van der Waals surface area contributed by atoms with Crippen LogP contribution >= 0.6 is 27.3 Å². The number of carbonyl (C=O) groups excluding carboxylic acids is 2. The molecule has 3 rings (SSSR count). The molecule has 144 valence electrons. The van der Waals surface area contributed by atoms with Gasteiger partial charge in [0, 0.05) is 9.35 Å². The molecular formula is C21H18BrNO4S. The molecule has 3 aromatic rings. The highest BCUT2D eigenvalue weighted by molar-refractivity contribution is 9.10. The van der Waals surface area contributed by atoms with Gasteiger partial charge in [0.25, 0.3) is 0 Å². The Balaban J connectivity index is 1.79. The second-order valence-electron chi connectivity index (χ2n) is 5.77. The average Bonchev–Trinajstić information content (AvgIpc) is 3.11. The maximum Gasteiger partial charge on any atom is 0.412 e. The highest BCUT2D eigenvalue weighted by Crippen LogP contribution is 2.36. The minimum absolute atomic E-state index is 0.143. The Hall–Kier alpha value is -2.64. The molecule has 0 saturated carbocycles. The van der Waals surface area contributed by atoms with Gasteiger partial charge in [0.2, 0.25) is 0 Å². The number of halogens is 1. The van der Waals surface area contributed by atoms with Crippen molar-refractivity contribution in [3.63, 3.8) is 0 Å². The SMILES string of the molecule is CCOC(=O)c1sc(-c2cccc(Br)c2)cc1NC(=O)OCc1ccccc1. The maximum absolute atomic E-state index is 12.3. The number of nitrogens with one attached hydrogen (secondary N) is 1. The number of benzene rings is 2. The quantitative estimate of drug-likeness (QED) is 0.452. The van der Waals surface area contributed by atoms with Gasteiger partial charge >= 0.3 is 12.1 Å². The third kappa shape index (κ3) is 5.21. The molecule has 1 aromatic heterocycles. The molecule has 0 aliphatic rings. The maximum atomic E-state index is 12.3. The van der Waals surface area contributed by atoms with Gasteiger partial charge in [-0.15, -0.1) is 11.3 Å². The molecule has 0 spiro atoms. The first-order valence-electron chi connectivity index (χ1n) is 8.61. The lowest BCUT2D eigenvalue weighted by Crippen LogP contribution is -2.15. The van der Waals surface area contributed by atoms with Gasteiger partial charge in [-0.25, -0.2) is 9.59 Å². The number of thiophene rings is 1. The van der Waals surface area contributed by atoms with Crippen LogP contribution in [0, 0.1) is 0 Å². The van der Waals surface area contributed by atoms with Gasteiger partial charge in [-0.3, -0.25) is 5.32 Å². The Morgan fingerprint density at radius 2 is 1.82 bits per heavy atom. The first-order valence-corrected chi connectivity index (χ1v) is 10.2. The van der Waals surface area contributed by atoms with Gasteiger partial charge in [0.15, 0.2) is 0 Å². The van der Waals surface area contributed by atoms with Gasteiger partial charge in [0.05, 0.1) is 12.3 Å². The van der Waals surface area contributed by atoms with E-state index in [1.54, 1.807) is 13.0 Å². The van der Waals surface area contributed by atoms with Crippen LogP contribution in [0.5, 0.6) is 0 Å². The fraction of sp³-hybridized carbons (Fsp3) is 0.143. The highest BCUT2D eigenvalue weighted by atomic mass is 79.9. The molecule has 5 nitrogen and oxygen atoms in total. The number of carbonyl (C=O) groups is 2. The van der Waals surface area contributed by atoms with Crippen LogP contribution in [0.4, 0.5) is 10.5 Å². The van der Waals surface area contributed by atoms with Crippen molar-refractivity contribution < 1.29 is 19.1 Å². The molecule has 0 aliphatic carbocycles. The first kappa shape index (κ1) is 20.1. The summed E-state index contributed by atoms with van der Waals surface area (Å²) in [4.78, 5) is 25.7. The summed E-state index contributed by atoms with van der Waals surface area (Å²) >= 11 is 4.70. The zero-order chi connectivity index (χ0) is 19.9. The van der Waals surface area contributed by atoms with E-state index in [1.165, 1.54) is 11.3 Å². The molecule has 0 bridgehead atoms.